The van der Waals surface area contributed by atoms with E-state index in [2.05, 4.69) is 25.7 Å². The number of hydrogen-bond donors (Lipinski definition) is 3. The van der Waals surface area contributed by atoms with Crippen molar-refractivity contribution in [3.05, 3.63) is 28.7 Å². The lowest BCUT2D eigenvalue weighted by molar-refractivity contribution is 0.102. The molecule has 2 aliphatic rings. The quantitative estimate of drug-likeness (QED) is 0.799. The first kappa shape index (κ1) is 11.7. The predicted molar refractivity (Wildman–Crippen MR) is 73.7 cm³/mol. The summed E-state index contributed by atoms with van der Waals surface area (Å²) in [5, 5.41) is 17.1. The van der Waals surface area contributed by atoms with Crippen LogP contribution in [0.3, 0.4) is 0 Å². The molecule has 6 heteroatoms. The second-order valence-corrected chi connectivity index (χ2v) is 5.67. The summed E-state index contributed by atoms with van der Waals surface area (Å²) in [6, 6.07) is 1.93. The third kappa shape index (κ3) is 2.01. The van der Waals surface area contributed by atoms with Gasteiger partial charge in [-0.3, -0.25) is 15.0 Å². The molecule has 0 atom stereocenters. The molecule has 0 aliphatic heterocycles. The van der Waals surface area contributed by atoms with Gasteiger partial charge >= 0.3 is 0 Å². The molecule has 2 heterocycles. The Morgan fingerprint density at radius 2 is 2.05 bits per heavy atom. The fourth-order valence-electron chi connectivity index (χ4n) is 2.85. The number of anilines is 1. The maximum absolute atomic E-state index is 12.3. The molecular formula is C14H17N5O. The van der Waals surface area contributed by atoms with Crippen LogP contribution in [0.5, 0.6) is 0 Å². The van der Waals surface area contributed by atoms with Gasteiger partial charge in [-0.15, -0.1) is 0 Å². The van der Waals surface area contributed by atoms with Gasteiger partial charge in [0.2, 0.25) is 0 Å². The predicted octanol–water partition coefficient (Wildman–Crippen LogP) is 2.14. The summed E-state index contributed by atoms with van der Waals surface area (Å²) in [6.45, 7) is 0. The minimum absolute atomic E-state index is 0.168. The van der Waals surface area contributed by atoms with Gasteiger partial charge in [0.05, 0.1) is 0 Å². The second kappa shape index (κ2) is 4.47. The number of carbonyl (C=O) groups excluding carboxylic acids is 1. The smallest absolute Gasteiger partial charge is 0.277 e. The Labute approximate surface area is 116 Å². The Morgan fingerprint density at radius 1 is 1.20 bits per heavy atom. The molecule has 2 aromatic rings. The van der Waals surface area contributed by atoms with Crippen molar-refractivity contribution < 1.29 is 4.79 Å². The van der Waals surface area contributed by atoms with Crippen LogP contribution in [0.25, 0.3) is 0 Å². The zero-order valence-electron chi connectivity index (χ0n) is 11.2. The molecule has 0 saturated heterocycles. The van der Waals surface area contributed by atoms with Crippen molar-refractivity contribution in [1.82, 2.24) is 20.4 Å². The molecule has 6 nitrogen and oxygen atoms in total. The number of amides is 1. The number of carbonyl (C=O) groups is 1. The number of rotatable bonds is 3. The van der Waals surface area contributed by atoms with Crippen molar-refractivity contribution in [2.24, 2.45) is 0 Å². The summed E-state index contributed by atoms with van der Waals surface area (Å²) in [4.78, 5) is 12.3. The van der Waals surface area contributed by atoms with Gasteiger partial charge < -0.3 is 5.32 Å². The van der Waals surface area contributed by atoms with Crippen molar-refractivity contribution in [2.75, 3.05) is 5.32 Å². The highest BCUT2D eigenvalue weighted by Gasteiger charge is 2.26. The van der Waals surface area contributed by atoms with E-state index in [9.17, 15) is 4.79 Å². The fraction of sp³-hybridized carbons (Fsp3) is 0.500. The van der Waals surface area contributed by atoms with Crippen molar-refractivity contribution in [3.63, 3.8) is 0 Å². The topological polar surface area (TPSA) is 86.5 Å². The molecule has 1 fully saturated rings. The van der Waals surface area contributed by atoms with Gasteiger partial charge in [-0.05, 0) is 38.5 Å². The lowest BCUT2D eigenvalue weighted by Crippen LogP contribution is -2.15. The molecule has 20 heavy (non-hydrogen) atoms. The Balaban J connectivity index is 1.53. The summed E-state index contributed by atoms with van der Waals surface area (Å²) in [6.07, 6.45) is 6.64. The van der Waals surface area contributed by atoms with E-state index in [1.54, 1.807) is 0 Å². The third-order valence-electron chi connectivity index (χ3n) is 4.13. The molecule has 0 spiro atoms. The molecule has 0 bridgehead atoms. The normalized spacial score (nSPS) is 17.8. The van der Waals surface area contributed by atoms with Crippen molar-refractivity contribution in [1.29, 1.82) is 0 Å². The average Bonchev–Trinajstić information content (AvgIpc) is 3.06. The molecule has 1 amide bonds. The van der Waals surface area contributed by atoms with Gasteiger partial charge in [-0.25, -0.2) is 0 Å². The molecule has 1 saturated carbocycles. The average molecular weight is 271 g/mol. The first-order chi connectivity index (χ1) is 9.81. The Kier molecular flexibility index (Phi) is 2.61. The van der Waals surface area contributed by atoms with Crippen LogP contribution < -0.4 is 5.32 Å². The van der Waals surface area contributed by atoms with Crippen LogP contribution in [0.4, 0.5) is 5.82 Å². The zero-order valence-corrected chi connectivity index (χ0v) is 11.2. The lowest BCUT2D eigenvalue weighted by atomic mass is 9.96. The SMILES string of the molecule is O=C(Nc1cc(C2CC2)[nH]n1)c1n[nH]c2c1CCCC2. The minimum Gasteiger partial charge on any atom is -0.304 e. The second-order valence-electron chi connectivity index (χ2n) is 5.67. The number of hydrogen-bond acceptors (Lipinski definition) is 3. The molecule has 104 valence electrons. The van der Waals surface area contributed by atoms with E-state index in [1.807, 2.05) is 6.07 Å². The summed E-state index contributed by atoms with van der Waals surface area (Å²) in [5.74, 6) is 1.02. The first-order valence-electron chi connectivity index (χ1n) is 7.24. The van der Waals surface area contributed by atoms with Gasteiger partial charge in [-0.1, -0.05) is 0 Å². The number of aromatic amines is 2. The lowest BCUT2D eigenvalue weighted by Gasteiger charge is -2.10. The number of fused-ring (bicyclic) bond motifs is 1. The minimum atomic E-state index is -0.168. The highest BCUT2D eigenvalue weighted by atomic mass is 16.2. The highest BCUT2D eigenvalue weighted by Crippen LogP contribution is 2.39. The number of H-pyrrole nitrogens is 2. The van der Waals surface area contributed by atoms with Gasteiger partial charge in [0.25, 0.3) is 5.91 Å². The van der Waals surface area contributed by atoms with Gasteiger partial charge in [-0.2, -0.15) is 10.2 Å². The third-order valence-corrected chi connectivity index (χ3v) is 4.13. The summed E-state index contributed by atoms with van der Waals surface area (Å²) in [5.41, 5.74) is 3.83. The van der Waals surface area contributed by atoms with Crippen LogP contribution in [-0.4, -0.2) is 26.3 Å². The number of aromatic nitrogens is 4. The number of nitrogens with one attached hydrogen (secondary N) is 3. The monoisotopic (exact) mass is 271 g/mol. The Bertz CT molecular complexity index is 652. The molecule has 0 unspecified atom stereocenters. The first-order valence-corrected chi connectivity index (χ1v) is 7.24. The van der Waals surface area contributed by atoms with Crippen LogP contribution >= 0.6 is 0 Å². The van der Waals surface area contributed by atoms with Crippen LogP contribution in [0.2, 0.25) is 0 Å². The highest BCUT2D eigenvalue weighted by molar-refractivity contribution is 6.03. The van der Waals surface area contributed by atoms with Crippen molar-refractivity contribution in [3.8, 4) is 0 Å². The number of nitrogens with zero attached hydrogens (tertiary/aromatic N) is 2. The molecule has 3 N–H and O–H groups in total. The fourth-order valence-corrected chi connectivity index (χ4v) is 2.85. The standard InChI is InChI=1S/C14H17N5O/c20-14(13-9-3-1-2-4-10(9)16-19-13)15-12-7-11(17-18-12)8-5-6-8/h7-8H,1-6H2,(H,16,19)(H2,15,17,18,20). The van der Waals surface area contributed by atoms with Crippen LogP contribution in [0, 0.1) is 0 Å². The summed E-state index contributed by atoms with van der Waals surface area (Å²) in [7, 11) is 0. The molecule has 0 aromatic carbocycles. The molecule has 2 aromatic heterocycles. The molecular weight excluding hydrogens is 254 g/mol. The van der Waals surface area contributed by atoms with Crippen LogP contribution in [0.1, 0.15) is 59.0 Å². The van der Waals surface area contributed by atoms with Crippen molar-refractivity contribution >= 4 is 11.7 Å². The molecule has 0 radical (unpaired) electrons. The summed E-state index contributed by atoms with van der Waals surface area (Å²) < 4.78 is 0. The molecule has 2 aliphatic carbocycles. The maximum Gasteiger partial charge on any atom is 0.277 e. The van der Waals surface area contributed by atoms with Gasteiger partial charge in [0.1, 0.15) is 0 Å². The maximum atomic E-state index is 12.3. The van der Waals surface area contributed by atoms with E-state index in [0.717, 1.165) is 36.2 Å². The Hall–Kier alpha value is -2.11. The van der Waals surface area contributed by atoms with Crippen LogP contribution in [-0.2, 0) is 12.8 Å². The van der Waals surface area contributed by atoms with Crippen molar-refractivity contribution in [2.45, 2.75) is 44.4 Å². The van der Waals surface area contributed by atoms with Gasteiger partial charge in [0.15, 0.2) is 11.5 Å². The van der Waals surface area contributed by atoms with Crippen LogP contribution in [0.15, 0.2) is 6.07 Å². The largest absolute Gasteiger partial charge is 0.304 e. The van der Waals surface area contributed by atoms with E-state index in [0.29, 0.717) is 17.4 Å². The molecule has 4 rings (SSSR count). The van der Waals surface area contributed by atoms with E-state index in [1.165, 1.54) is 19.3 Å². The summed E-state index contributed by atoms with van der Waals surface area (Å²) >= 11 is 0. The zero-order chi connectivity index (χ0) is 13.5. The number of aryl methyl sites for hydroxylation is 1. The Morgan fingerprint density at radius 3 is 2.90 bits per heavy atom. The van der Waals surface area contributed by atoms with E-state index >= 15 is 0 Å². The van der Waals surface area contributed by atoms with E-state index in [4.69, 9.17) is 0 Å². The van der Waals surface area contributed by atoms with E-state index < -0.39 is 0 Å². The van der Waals surface area contributed by atoms with E-state index in [-0.39, 0.29) is 5.91 Å². The van der Waals surface area contributed by atoms with Gasteiger partial charge in [0, 0.05) is 28.9 Å².